The summed E-state index contributed by atoms with van der Waals surface area (Å²) in [5.41, 5.74) is 0.0212. The normalized spacial score (nSPS) is 21.2. The van der Waals surface area contributed by atoms with Crippen LogP contribution in [0.5, 0.6) is 0 Å². The Morgan fingerprint density at radius 3 is 2.73 bits per heavy atom. The van der Waals surface area contributed by atoms with Gasteiger partial charge in [0.15, 0.2) is 0 Å². The molecule has 1 aromatic rings. The van der Waals surface area contributed by atoms with Crippen LogP contribution in [0.2, 0.25) is 5.02 Å². The molecule has 1 aliphatic rings. The van der Waals surface area contributed by atoms with Crippen LogP contribution in [0.25, 0.3) is 0 Å². The number of piperidine rings is 1. The molecule has 0 bridgehead atoms. The zero-order valence-electron chi connectivity index (χ0n) is 12.5. The van der Waals surface area contributed by atoms with Crippen molar-refractivity contribution < 1.29 is 12.8 Å². The van der Waals surface area contributed by atoms with Gasteiger partial charge in [-0.25, -0.2) is 17.5 Å². The van der Waals surface area contributed by atoms with Crippen LogP contribution >= 0.6 is 24.0 Å². The predicted molar refractivity (Wildman–Crippen MR) is 88.7 cm³/mol. The monoisotopic (exact) mass is 370 g/mol. The second-order valence-electron chi connectivity index (χ2n) is 6.03. The van der Waals surface area contributed by atoms with Crippen LogP contribution in [0, 0.1) is 11.2 Å². The smallest absolute Gasteiger partial charge is 0.242 e. The van der Waals surface area contributed by atoms with Gasteiger partial charge in [0.05, 0.1) is 5.02 Å². The molecule has 1 unspecified atom stereocenters. The van der Waals surface area contributed by atoms with E-state index in [-0.39, 0.29) is 40.3 Å². The van der Waals surface area contributed by atoms with E-state index in [1.807, 2.05) is 0 Å². The van der Waals surface area contributed by atoms with Crippen molar-refractivity contribution in [2.24, 2.45) is 5.41 Å². The summed E-state index contributed by atoms with van der Waals surface area (Å²) < 4.78 is 40.1. The molecular formula is C14H21Cl2FN2O2S. The quantitative estimate of drug-likeness (QED) is 0.856. The summed E-state index contributed by atoms with van der Waals surface area (Å²) in [6.07, 6.45) is 2.13. The fraction of sp³-hybridized carbons (Fsp3) is 0.571. The van der Waals surface area contributed by atoms with Gasteiger partial charge in [0.25, 0.3) is 0 Å². The highest BCUT2D eigenvalue weighted by atomic mass is 35.5. The summed E-state index contributed by atoms with van der Waals surface area (Å²) in [6.45, 7) is 5.39. The zero-order chi connectivity index (χ0) is 15.7. The van der Waals surface area contributed by atoms with E-state index in [1.165, 1.54) is 6.07 Å². The fourth-order valence-electron chi connectivity index (χ4n) is 2.58. The zero-order valence-corrected chi connectivity index (χ0v) is 14.9. The van der Waals surface area contributed by atoms with Gasteiger partial charge >= 0.3 is 0 Å². The van der Waals surface area contributed by atoms with Gasteiger partial charge in [-0.1, -0.05) is 25.4 Å². The standard InChI is InChI=1S/C14H20ClFN2O2S.ClH/c1-14(2)6-3-7-17-13(14)9-18-21(19,20)12-5-4-10(16)8-11(12)15;/h4-5,8,13,17-18H,3,6-7,9H2,1-2H3;1H. The van der Waals surface area contributed by atoms with E-state index < -0.39 is 15.8 Å². The maximum absolute atomic E-state index is 13.0. The average Bonchev–Trinajstić information content (AvgIpc) is 2.36. The molecule has 22 heavy (non-hydrogen) atoms. The van der Waals surface area contributed by atoms with Gasteiger partial charge in [0.2, 0.25) is 10.0 Å². The lowest BCUT2D eigenvalue weighted by Crippen LogP contribution is -2.52. The number of hydrogen-bond acceptors (Lipinski definition) is 3. The third-order valence-electron chi connectivity index (χ3n) is 3.99. The average molecular weight is 371 g/mol. The molecule has 0 saturated carbocycles. The number of sulfonamides is 1. The Kier molecular flexibility index (Phi) is 6.65. The van der Waals surface area contributed by atoms with Crippen LogP contribution in [-0.4, -0.2) is 27.5 Å². The lowest BCUT2D eigenvalue weighted by atomic mass is 9.78. The Balaban J connectivity index is 0.00000242. The topological polar surface area (TPSA) is 58.2 Å². The molecule has 1 aromatic carbocycles. The summed E-state index contributed by atoms with van der Waals surface area (Å²) >= 11 is 5.82. The van der Waals surface area contributed by atoms with Crippen LogP contribution in [0.4, 0.5) is 4.39 Å². The van der Waals surface area contributed by atoms with Gasteiger partial charge < -0.3 is 5.32 Å². The van der Waals surface area contributed by atoms with Crippen LogP contribution in [0.1, 0.15) is 26.7 Å². The highest BCUT2D eigenvalue weighted by Crippen LogP contribution is 2.30. The molecular weight excluding hydrogens is 350 g/mol. The van der Waals surface area contributed by atoms with Crippen LogP contribution in [0.15, 0.2) is 23.1 Å². The molecule has 1 heterocycles. The van der Waals surface area contributed by atoms with Crippen LogP contribution < -0.4 is 10.0 Å². The maximum Gasteiger partial charge on any atom is 0.242 e. The molecule has 4 nitrogen and oxygen atoms in total. The highest BCUT2D eigenvalue weighted by Gasteiger charge is 2.33. The second-order valence-corrected chi connectivity index (χ2v) is 8.17. The largest absolute Gasteiger partial charge is 0.312 e. The summed E-state index contributed by atoms with van der Waals surface area (Å²) in [4.78, 5) is -0.0980. The van der Waals surface area contributed by atoms with Gasteiger partial charge in [0.1, 0.15) is 10.7 Å². The van der Waals surface area contributed by atoms with E-state index >= 15 is 0 Å². The van der Waals surface area contributed by atoms with E-state index in [4.69, 9.17) is 11.6 Å². The van der Waals surface area contributed by atoms with E-state index in [9.17, 15) is 12.8 Å². The van der Waals surface area contributed by atoms with Gasteiger partial charge in [-0.3, -0.25) is 0 Å². The summed E-state index contributed by atoms with van der Waals surface area (Å²) in [5, 5.41) is 3.22. The minimum atomic E-state index is -3.75. The molecule has 2 N–H and O–H groups in total. The van der Waals surface area contributed by atoms with Crippen molar-refractivity contribution in [3.63, 3.8) is 0 Å². The SMILES string of the molecule is CC1(C)CCCNC1CNS(=O)(=O)c1ccc(F)cc1Cl.Cl. The molecule has 8 heteroatoms. The van der Waals surface area contributed by atoms with Gasteiger partial charge in [0, 0.05) is 12.6 Å². The molecule has 1 saturated heterocycles. The van der Waals surface area contributed by atoms with E-state index in [0.717, 1.165) is 31.5 Å². The Bertz CT molecular complexity index is 623. The van der Waals surface area contributed by atoms with Crippen LogP contribution in [0.3, 0.4) is 0 Å². The third kappa shape index (κ3) is 4.55. The molecule has 2 rings (SSSR count). The number of halogens is 3. The molecule has 1 atom stereocenters. The van der Waals surface area contributed by atoms with E-state index in [1.54, 1.807) is 0 Å². The Morgan fingerprint density at radius 1 is 1.45 bits per heavy atom. The Morgan fingerprint density at radius 2 is 2.14 bits per heavy atom. The molecule has 0 aliphatic carbocycles. The van der Waals surface area contributed by atoms with Gasteiger partial charge in [-0.05, 0) is 43.0 Å². The van der Waals surface area contributed by atoms with Crippen molar-refractivity contribution >= 4 is 34.0 Å². The van der Waals surface area contributed by atoms with E-state index in [0.29, 0.717) is 0 Å². The molecule has 0 radical (unpaired) electrons. The van der Waals surface area contributed by atoms with Crippen molar-refractivity contribution in [2.45, 2.75) is 37.6 Å². The van der Waals surface area contributed by atoms with E-state index in [2.05, 4.69) is 23.9 Å². The first-order valence-corrected chi connectivity index (χ1v) is 8.76. The summed E-state index contributed by atoms with van der Waals surface area (Å²) in [6, 6.07) is 3.32. The molecule has 1 fully saturated rings. The molecule has 0 amide bonds. The summed E-state index contributed by atoms with van der Waals surface area (Å²) in [5.74, 6) is -0.561. The van der Waals surface area contributed by atoms with Crippen LogP contribution in [-0.2, 0) is 10.0 Å². The lowest BCUT2D eigenvalue weighted by molar-refractivity contribution is 0.181. The summed E-state index contributed by atoms with van der Waals surface area (Å²) in [7, 11) is -3.75. The first-order chi connectivity index (χ1) is 9.72. The first-order valence-electron chi connectivity index (χ1n) is 6.90. The minimum Gasteiger partial charge on any atom is -0.312 e. The predicted octanol–water partition coefficient (Wildman–Crippen LogP) is 2.96. The van der Waals surface area contributed by atoms with Crippen molar-refractivity contribution in [1.82, 2.24) is 10.0 Å². The lowest BCUT2D eigenvalue weighted by Gasteiger charge is -2.39. The molecule has 1 aliphatic heterocycles. The maximum atomic E-state index is 13.0. The second kappa shape index (κ2) is 7.45. The number of benzene rings is 1. The van der Waals surface area contributed by atoms with Crippen molar-refractivity contribution in [2.75, 3.05) is 13.1 Å². The highest BCUT2D eigenvalue weighted by molar-refractivity contribution is 7.89. The minimum absolute atomic E-state index is 0. The van der Waals surface area contributed by atoms with Crippen molar-refractivity contribution in [3.05, 3.63) is 29.0 Å². The van der Waals surface area contributed by atoms with Gasteiger partial charge in [-0.15, -0.1) is 12.4 Å². The number of rotatable bonds is 4. The fourth-order valence-corrected chi connectivity index (χ4v) is 4.16. The first kappa shape index (κ1) is 19.6. The van der Waals surface area contributed by atoms with Crippen molar-refractivity contribution in [1.29, 1.82) is 0 Å². The Hall–Kier alpha value is -0.400. The molecule has 0 spiro atoms. The number of hydrogen-bond donors (Lipinski definition) is 2. The van der Waals surface area contributed by atoms with Gasteiger partial charge in [-0.2, -0.15) is 0 Å². The number of nitrogens with one attached hydrogen (secondary N) is 2. The molecule has 0 aromatic heterocycles. The molecule has 126 valence electrons. The Labute approximate surface area is 142 Å². The van der Waals surface area contributed by atoms with Crippen molar-refractivity contribution in [3.8, 4) is 0 Å². The third-order valence-corrected chi connectivity index (χ3v) is 5.90.